The van der Waals surface area contributed by atoms with Gasteiger partial charge in [-0.05, 0) is 24.5 Å². The van der Waals surface area contributed by atoms with Crippen molar-refractivity contribution in [1.29, 1.82) is 0 Å². The molecule has 0 amide bonds. The molecule has 0 heterocycles. The maximum atomic E-state index is 9.50. The van der Waals surface area contributed by atoms with Crippen LogP contribution in [0.15, 0.2) is 24.3 Å². The normalized spacial score (nSPS) is 9.12. The summed E-state index contributed by atoms with van der Waals surface area (Å²) in [6.07, 6.45) is 3.43. The van der Waals surface area contributed by atoms with E-state index in [0.29, 0.717) is 12.4 Å². The Morgan fingerprint density at radius 2 is 2.00 bits per heavy atom. The van der Waals surface area contributed by atoms with E-state index in [1.165, 1.54) is 0 Å². The van der Waals surface area contributed by atoms with Crippen molar-refractivity contribution in [2.45, 2.75) is 12.8 Å². The van der Waals surface area contributed by atoms with E-state index in [1.54, 1.807) is 12.5 Å². The quantitative estimate of drug-likeness (QED) is 0.300. The summed E-state index contributed by atoms with van der Waals surface area (Å²) in [5.41, 5.74) is 0.978. The topological polar surface area (TPSA) is 32.5 Å². The second kappa shape index (κ2) is 7.99. The fraction of sp³-hybridized carbons (Fsp3) is 0.417. The third-order valence-corrected chi connectivity index (χ3v) is 1.99. The number of hydrogen-bond donors (Lipinski definition) is 1. The van der Waals surface area contributed by atoms with E-state index in [2.05, 4.69) is 0 Å². The van der Waals surface area contributed by atoms with Crippen LogP contribution in [0.1, 0.15) is 12.0 Å². The highest BCUT2D eigenvalue weighted by molar-refractivity contribution is 5.38. The van der Waals surface area contributed by atoms with Crippen LogP contribution in [0, 0.1) is 0 Å². The summed E-state index contributed by atoms with van der Waals surface area (Å²) in [7, 11) is 3.84. The molecule has 4 heteroatoms. The fourth-order valence-corrected chi connectivity index (χ4v) is 1.27. The third kappa shape index (κ3) is 5.61. The lowest BCUT2D eigenvalue weighted by molar-refractivity contribution is -0.468. The lowest BCUT2D eigenvalue weighted by Crippen LogP contribution is -3.00. The highest BCUT2D eigenvalue weighted by Crippen LogP contribution is 2.16. The van der Waals surface area contributed by atoms with Crippen LogP contribution in [0.25, 0.3) is 0 Å². The number of rotatable bonds is 5. The minimum Gasteiger partial charge on any atom is -1.00 e. The largest absolute Gasteiger partial charge is 1.00 e. The molecule has 0 saturated heterocycles. The molecule has 1 aromatic rings. The molecule has 0 aliphatic rings. The maximum absolute atomic E-state index is 9.50. The first-order valence-corrected chi connectivity index (χ1v) is 5.08. The van der Waals surface area contributed by atoms with E-state index < -0.39 is 0 Å². The standard InChI is InChI=1S/C12H17NO2.ClH/c1-13(2)10-15-9-5-7-11-6-3-4-8-12(11)14;/h3-4,6,8,10H,5,7,9H2,1-2H3;1H. The van der Waals surface area contributed by atoms with Gasteiger partial charge in [0.15, 0.2) is 0 Å². The maximum Gasteiger partial charge on any atom is 0.323 e. The van der Waals surface area contributed by atoms with Gasteiger partial charge in [0.25, 0.3) is 0 Å². The molecule has 0 bridgehead atoms. The third-order valence-electron chi connectivity index (χ3n) is 1.99. The van der Waals surface area contributed by atoms with Crippen LogP contribution >= 0.6 is 0 Å². The number of para-hydroxylation sites is 1. The van der Waals surface area contributed by atoms with Gasteiger partial charge in [-0.25, -0.2) is 4.58 Å². The average Bonchev–Trinajstić information content (AvgIpc) is 2.20. The molecular weight excluding hydrogens is 226 g/mol. The molecule has 0 aliphatic carbocycles. The van der Waals surface area contributed by atoms with Crippen molar-refractivity contribution in [2.75, 3.05) is 20.7 Å². The summed E-state index contributed by atoms with van der Waals surface area (Å²) in [6, 6.07) is 7.41. The SMILES string of the molecule is C[N+](C)=COCCCc1ccccc1O.[Cl-]. The van der Waals surface area contributed by atoms with E-state index >= 15 is 0 Å². The molecular formula is C12H18ClNO2. The number of nitrogens with zero attached hydrogens (tertiary/aromatic N) is 1. The van der Waals surface area contributed by atoms with Crippen molar-refractivity contribution < 1.29 is 26.8 Å². The highest BCUT2D eigenvalue weighted by atomic mass is 35.5. The van der Waals surface area contributed by atoms with Crippen LogP contribution in [0.5, 0.6) is 5.75 Å². The Labute approximate surface area is 103 Å². The summed E-state index contributed by atoms with van der Waals surface area (Å²) in [5.74, 6) is 0.370. The zero-order valence-corrected chi connectivity index (χ0v) is 10.4. The summed E-state index contributed by atoms with van der Waals surface area (Å²) in [6.45, 7) is 0.673. The van der Waals surface area contributed by atoms with E-state index in [4.69, 9.17) is 4.74 Å². The molecule has 0 aromatic heterocycles. The van der Waals surface area contributed by atoms with Gasteiger partial charge in [0.1, 0.15) is 19.8 Å². The van der Waals surface area contributed by atoms with Crippen LogP contribution in [-0.2, 0) is 11.2 Å². The average molecular weight is 244 g/mol. The van der Waals surface area contributed by atoms with Crippen molar-refractivity contribution in [2.24, 2.45) is 0 Å². The molecule has 16 heavy (non-hydrogen) atoms. The number of phenols is 1. The van der Waals surface area contributed by atoms with Crippen molar-refractivity contribution in [3.8, 4) is 5.75 Å². The number of halogens is 1. The number of benzene rings is 1. The minimum absolute atomic E-state index is 0. The number of aryl methyl sites for hydroxylation is 1. The van der Waals surface area contributed by atoms with Crippen molar-refractivity contribution in [3.63, 3.8) is 0 Å². The Kier molecular flexibility index (Phi) is 7.38. The Bertz CT molecular complexity index is 336. The Morgan fingerprint density at radius 3 is 2.62 bits per heavy atom. The molecule has 0 unspecified atom stereocenters. The summed E-state index contributed by atoms with van der Waals surface area (Å²) < 4.78 is 7.14. The van der Waals surface area contributed by atoms with Gasteiger partial charge < -0.3 is 22.3 Å². The summed E-state index contributed by atoms with van der Waals surface area (Å²) in [5, 5.41) is 9.50. The Balaban J connectivity index is 0.00000225. The van der Waals surface area contributed by atoms with Gasteiger partial charge in [0, 0.05) is 0 Å². The molecule has 1 N–H and O–H groups in total. The number of phenolic OH excluding ortho intramolecular Hbond substituents is 1. The molecule has 90 valence electrons. The van der Waals surface area contributed by atoms with Gasteiger partial charge in [-0.3, -0.25) is 0 Å². The Hall–Kier alpha value is -1.22. The molecule has 0 saturated carbocycles. The minimum atomic E-state index is 0. The molecule has 3 nitrogen and oxygen atoms in total. The van der Waals surface area contributed by atoms with Gasteiger partial charge >= 0.3 is 6.40 Å². The number of hydrogen-bond acceptors (Lipinski definition) is 2. The van der Waals surface area contributed by atoms with Crippen LogP contribution in [0.4, 0.5) is 0 Å². The molecule has 0 fully saturated rings. The van der Waals surface area contributed by atoms with Gasteiger partial charge in [-0.2, -0.15) is 0 Å². The van der Waals surface area contributed by atoms with E-state index in [9.17, 15) is 5.11 Å². The van der Waals surface area contributed by atoms with Gasteiger partial charge in [0.2, 0.25) is 0 Å². The lowest BCUT2D eigenvalue weighted by Gasteiger charge is -2.03. The zero-order valence-electron chi connectivity index (χ0n) is 9.69. The van der Waals surface area contributed by atoms with E-state index in [1.807, 2.05) is 36.9 Å². The van der Waals surface area contributed by atoms with Crippen molar-refractivity contribution >= 4 is 6.40 Å². The predicted octanol–water partition coefficient (Wildman–Crippen LogP) is -1.35. The van der Waals surface area contributed by atoms with Gasteiger partial charge in [0.05, 0.1) is 6.61 Å². The molecule has 1 aromatic carbocycles. The molecule has 1 rings (SSSR count). The molecule has 0 radical (unpaired) electrons. The predicted molar refractivity (Wildman–Crippen MR) is 60.6 cm³/mol. The second-order valence-corrected chi connectivity index (χ2v) is 3.67. The van der Waals surface area contributed by atoms with Crippen LogP contribution in [0.3, 0.4) is 0 Å². The summed E-state index contributed by atoms with van der Waals surface area (Å²) in [4.78, 5) is 0. The smallest absolute Gasteiger partial charge is 0.323 e. The van der Waals surface area contributed by atoms with E-state index in [0.717, 1.165) is 18.4 Å². The van der Waals surface area contributed by atoms with E-state index in [-0.39, 0.29) is 12.4 Å². The van der Waals surface area contributed by atoms with Crippen LogP contribution in [0.2, 0.25) is 0 Å². The first-order chi connectivity index (χ1) is 7.20. The lowest BCUT2D eigenvalue weighted by atomic mass is 10.1. The van der Waals surface area contributed by atoms with Gasteiger partial charge in [-0.1, -0.05) is 18.2 Å². The molecule has 0 aliphatic heterocycles. The first-order valence-electron chi connectivity index (χ1n) is 5.08. The van der Waals surface area contributed by atoms with Crippen molar-refractivity contribution in [3.05, 3.63) is 29.8 Å². The second-order valence-electron chi connectivity index (χ2n) is 3.67. The number of aromatic hydroxyl groups is 1. The van der Waals surface area contributed by atoms with Crippen LogP contribution < -0.4 is 12.4 Å². The van der Waals surface area contributed by atoms with Crippen LogP contribution in [-0.4, -0.2) is 36.8 Å². The summed E-state index contributed by atoms with van der Waals surface area (Å²) >= 11 is 0. The Morgan fingerprint density at radius 1 is 1.31 bits per heavy atom. The fourth-order valence-electron chi connectivity index (χ4n) is 1.27. The first kappa shape index (κ1) is 14.8. The monoisotopic (exact) mass is 243 g/mol. The molecule has 0 atom stereocenters. The highest BCUT2D eigenvalue weighted by Gasteiger charge is 1.98. The van der Waals surface area contributed by atoms with Gasteiger partial charge in [-0.15, -0.1) is 0 Å². The van der Waals surface area contributed by atoms with Crippen molar-refractivity contribution in [1.82, 2.24) is 0 Å². The molecule has 0 spiro atoms. The number of ether oxygens (including phenoxy) is 1. The zero-order chi connectivity index (χ0) is 11.1.